The van der Waals surface area contributed by atoms with Crippen LogP contribution in [0.25, 0.3) is 0 Å². The van der Waals surface area contributed by atoms with Crippen LogP contribution < -0.4 is 51.6 Å². The molecule has 0 aliphatic carbocycles. The molecule has 18 N–H and O–H groups in total. The first-order chi connectivity index (χ1) is 35.2. The second kappa shape index (κ2) is 49.4. The van der Waals surface area contributed by atoms with E-state index in [1.165, 1.54) is 0 Å². The molecule has 0 aromatic rings. The molecule has 0 fully saturated rings. The van der Waals surface area contributed by atoms with E-state index in [0.29, 0.717) is 79.2 Å². The van der Waals surface area contributed by atoms with Crippen molar-refractivity contribution in [3.63, 3.8) is 0 Å². The number of hydrogen-bond donors (Lipinski definition) is 9. The summed E-state index contributed by atoms with van der Waals surface area (Å²) < 4.78 is 65.3. The summed E-state index contributed by atoms with van der Waals surface area (Å²) in [7, 11) is 0. The minimum atomic E-state index is -0.598. The van der Waals surface area contributed by atoms with Gasteiger partial charge in [-0.1, -0.05) is 55.9 Å². The van der Waals surface area contributed by atoms with Gasteiger partial charge in [-0.25, -0.2) is 0 Å². The summed E-state index contributed by atoms with van der Waals surface area (Å²) >= 11 is 0. The van der Waals surface area contributed by atoms with Crippen LogP contribution in [0.3, 0.4) is 0 Å². The van der Waals surface area contributed by atoms with Crippen LogP contribution in [0.15, 0.2) is 0 Å². The van der Waals surface area contributed by atoms with Gasteiger partial charge in [-0.15, -0.1) is 0 Å². The van der Waals surface area contributed by atoms with Crippen molar-refractivity contribution in [1.29, 1.82) is 0 Å². The summed E-state index contributed by atoms with van der Waals surface area (Å²) in [4.78, 5) is 0. The zero-order valence-corrected chi connectivity index (χ0v) is 55.3. The van der Waals surface area contributed by atoms with Crippen LogP contribution in [0.4, 0.5) is 0 Å². The minimum Gasteiger partial charge on any atom is -0.353 e. The fourth-order valence-electron chi connectivity index (χ4n) is 4.36. The van der Waals surface area contributed by atoms with Gasteiger partial charge in [0.15, 0.2) is 35.7 Å². The predicted octanol–water partition coefficient (Wildman–Crippen LogP) is 7.55. The SMILES string of the molecule is C.CC(C)(C)COC(C)(C)OCC(C)(C)N.CC(N)COC(C)(C)OCC(C)N.CC(OCC(C)(C)N)OCC(C)(C)N.CCC(N)COC(C)(C)OCC(N)CC.CCCOC(C)(C)OCCN.CCCOC(C)OCCN. The lowest BCUT2D eigenvalue weighted by atomic mass is 9.98. The molecule has 0 aliphatic rings. The summed E-state index contributed by atoms with van der Waals surface area (Å²) in [5, 5.41) is 0. The maximum atomic E-state index is 5.84. The number of ether oxygens (including phenoxy) is 12. The van der Waals surface area contributed by atoms with Crippen LogP contribution >= 0.6 is 0 Å². The molecule has 0 bridgehead atoms. The summed E-state index contributed by atoms with van der Waals surface area (Å²) in [5.74, 6) is -2.24. The molecule has 0 aliphatic heterocycles. The highest BCUT2D eigenvalue weighted by Gasteiger charge is 2.26. The summed E-state index contributed by atoms with van der Waals surface area (Å²) in [6, 6.07) is 0.205. The Hall–Kier alpha value is -0.840. The van der Waals surface area contributed by atoms with E-state index < -0.39 is 23.1 Å². The predicted molar refractivity (Wildman–Crippen MR) is 330 cm³/mol. The summed E-state index contributed by atoms with van der Waals surface area (Å²) in [6.07, 6.45) is 3.48. The topological polar surface area (TPSA) is 345 Å². The first-order valence-electron chi connectivity index (χ1n) is 28.6. The fourth-order valence-corrected chi connectivity index (χ4v) is 4.36. The zero-order chi connectivity index (χ0) is 62.7. The van der Waals surface area contributed by atoms with Crippen molar-refractivity contribution in [2.45, 2.75) is 283 Å². The van der Waals surface area contributed by atoms with Gasteiger partial charge in [-0.05, 0) is 156 Å². The van der Waals surface area contributed by atoms with Crippen molar-refractivity contribution < 1.29 is 56.8 Å². The Morgan fingerprint density at radius 3 is 0.937 bits per heavy atom. The van der Waals surface area contributed by atoms with E-state index in [9.17, 15) is 0 Å². The third-order valence-corrected chi connectivity index (χ3v) is 9.00. The van der Waals surface area contributed by atoms with Gasteiger partial charge >= 0.3 is 0 Å². The molecule has 0 saturated carbocycles. The van der Waals surface area contributed by atoms with Crippen LogP contribution in [0, 0.1) is 5.41 Å². The Balaban J connectivity index is -0.000000158. The van der Waals surface area contributed by atoms with Crippen LogP contribution in [0.1, 0.15) is 206 Å². The molecule has 21 heteroatoms. The average Bonchev–Trinajstić information content (AvgIpc) is 3.31. The molecule has 0 amide bonds. The second-order valence-corrected chi connectivity index (χ2v) is 25.0. The molecule has 0 aromatic heterocycles. The average molecular weight is 1150 g/mol. The van der Waals surface area contributed by atoms with Gasteiger partial charge in [0.05, 0.1) is 66.1 Å². The van der Waals surface area contributed by atoms with Gasteiger partial charge in [0, 0.05) is 67.1 Å². The highest BCUT2D eigenvalue weighted by molar-refractivity contribution is 4.74. The normalized spacial score (nSPS) is 14.5. The Bertz CT molecular complexity index is 1210. The molecule has 5 atom stereocenters. The van der Waals surface area contributed by atoms with E-state index in [-0.39, 0.29) is 66.2 Å². The van der Waals surface area contributed by atoms with Crippen molar-refractivity contribution in [3.05, 3.63) is 0 Å². The van der Waals surface area contributed by atoms with Crippen molar-refractivity contribution in [2.75, 3.05) is 92.4 Å². The van der Waals surface area contributed by atoms with Crippen molar-refractivity contribution in [1.82, 2.24) is 0 Å². The molecule has 0 spiro atoms. The Morgan fingerprint density at radius 1 is 0.342 bits per heavy atom. The van der Waals surface area contributed by atoms with E-state index in [1.54, 1.807) is 0 Å². The molecule has 0 rings (SSSR count). The first kappa shape index (κ1) is 91.9. The van der Waals surface area contributed by atoms with Crippen LogP contribution in [-0.4, -0.2) is 169 Å². The number of hydrogen-bond acceptors (Lipinski definition) is 21. The van der Waals surface area contributed by atoms with Crippen LogP contribution in [-0.2, 0) is 56.8 Å². The monoisotopic (exact) mass is 1150 g/mol. The van der Waals surface area contributed by atoms with Gasteiger partial charge in [0.25, 0.3) is 0 Å². The van der Waals surface area contributed by atoms with Crippen molar-refractivity contribution >= 4 is 0 Å². The van der Waals surface area contributed by atoms with Gasteiger partial charge in [0.2, 0.25) is 0 Å². The lowest BCUT2D eigenvalue weighted by Crippen LogP contribution is -2.42. The zero-order valence-electron chi connectivity index (χ0n) is 55.3. The largest absolute Gasteiger partial charge is 0.353 e. The molecule has 0 aromatic carbocycles. The van der Waals surface area contributed by atoms with Crippen molar-refractivity contribution in [3.8, 4) is 0 Å². The van der Waals surface area contributed by atoms with Gasteiger partial charge < -0.3 is 108 Å². The smallest absolute Gasteiger partial charge is 0.162 e. The number of nitrogens with two attached hydrogens (primary N) is 9. The summed E-state index contributed by atoms with van der Waals surface area (Å²) in [5.41, 5.74) is 49.7. The van der Waals surface area contributed by atoms with Crippen LogP contribution in [0.2, 0.25) is 0 Å². The molecule has 0 saturated heterocycles. The van der Waals surface area contributed by atoms with E-state index in [4.69, 9.17) is 108 Å². The Kier molecular flexibility index (Phi) is 57.5. The molecule has 0 radical (unpaired) electrons. The summed E-state index contributed by atoms with van der Waals surface area (Å²) in [6.45, 7) is 56.6. The number of rotatable bonds is 37. The quantitative estimate of drug-likeness (QED) is 0.0271. The maximum Gasteiger partial charge on any atom is 0.162 e. The second-order valence-electron chi connectivity index (χ2n) is 25.0. The lowest BCUT2D eigenvalue weighted by molar-refractivity contribution is -0.229. The standard InChI is InChI=1S/C12H27NO2.C11H26N2O2.C10H24N2O2.C9H22N2O2.C8H19NO2.C7H17NO2.CH4/c1-10(2,3)8-14-12(6,7)15-9-11(4,5)13;1-5-9(12)7-14-11(3,4)15-8-10(13)6-2;1-8(13-6-9(2,3)11)14-7-10(4,5)12;1-7(10)5-12-9(3,4)13-6-8(2)11;1-4-6-10-8(2,3)11-7-5-9;1-3-5-9-7(2)10-6-4-8;/h8-9,13H2,1-7H3;9-10H,5-8,12-13H2,1-4H3;8H,6-7,11-12H2,1-5H3;7-8H,5-6,10-11H2,1-4H3;4-7,9H2,1-3H3;7H,3-6,8H2,1-2H3;1H4. The molecular weight excluding hydrogens is 1010 g/mol. The highest BCUT2D eigenvalue weighted by atomic mass is 16.7. The van der Waals surface area contributed by atoms with Gasteiger partial charge in [-0.3, -0.25) is 0 Å². The molecule has 79 heavy (non-hydrogen) atoms. The molecule has 0 heterocycles. The highest BCUT2D eigenvalue weighted by Crippen LogP contribution is 2.21. The molecule has 21 nitrogen and oxygen atoms in total. The third-order valence-electron chi connectivity index (χ3n) is 9.00. The minimum absolute atomic E-state index is 0. The van der Waals surface area contributed by atoms with E-state index in [1.807, 2.05) is 138 Å². The Morgan fingerprint density at radius 2 is 0.633 bits per heavy atom. The fraction of sp³-hybridized carbons (Fsp3) is 1.00. The van der Waals surface area contributed by atoms with Gasteiger partial charge in [0.1, 0.15) is 0 Å². The third kappa shape index (κ3) is 86.1. The van der Waals surface area contributed by atoms with Crippen LogP contribution in [0.5, 0.6) is 0 Å². The van der Waals surface area contributed by atoms with E-state index >= 15 is 0 Å². The van der Waals surface area contributed by atoms with E-state index in [2.05, 4.69) is 34.6 Å². The lowest BCUT2D eigenvalue weighted by Gasteiger charge is -2.32. The van der Waals surface area contributed by atoms with E-state index in [0.717, 1.165) is 38.9 Å². The molecule has 488 valence electrons. The Labute approximate surface area is 487 Å². The molecular formula is C58H139N9O12. The first-order valence-corrected chi connectivity index (χ1v) is 28.6. The van der Waals surface area contributed by atoms with Crippen molar-refractivity contribution in [2.24, 2.45) is 57.0 Å². The molecule has 5 unspecified atom stereocenters. The van der Waals surface area contributed by atoms with Gasteiger partial charge in [-0.2, -0.15) is 0 Å². The maximum absolute atomic E-state index is 5.84.